The third-order valence-corrected chi connectivity index (χ3v) is 5.47. The Balaban J connectivity index is 1.50. The van der Waals surface area contributed by atoms with Crippen molar-refractivity contribution in [1.29, 1.82) is 0 Å². The highest BCUT2D eigenvalue weighted by atomic mass is 16.3. The number of carbonyl (C=O) groups is 2. The Bertz CT molecular complexity index is 1190. The average molecular weight is 431 g/mol. The molecular formula is C25H26N4O3. The fraction of sp³-hybridized carbons (Fsp3) is 0.200. The van der Waals surface area contributed by atoms with Crippen LogP contribution in [0.3, 0.4) is 0 Å². The van der Waals surface area contributed by atoms with Gasteiger partial charge in [-0.05, 0) is 41.5 Å². The lowest BCUT2D eigenvalue weighted by Gasteiger charge is -2.20. The van der Waals surface area contributed by atoms with Crippen LogP contribution in [0.15, 0.2) is 77.5 Å². The van der Waals surface area contributed by atoms with Gasteiger partial charge in [-0.25, -0.2) is 0 Å². The van der Waals surface area contributed by atoms with Crippen LogP contribution in [0.25, 0.3) is 10.9 Å². The minimum Gasteiger partial charge on any atom is -0.459 e. The van der Waals surface area contributed by atoms with Gasteiger partial charge in [-0.1, -0.05) is 30.3 Å². The van der Waals surface area contributed by atoms with Gasteiger partial charge in [-0.3, -0.25) is 9.59 Å². The Morgan fingerprint density at radius 3 is 2.50 bits per heavy atom. The molecule has 0 radical (unpaired) electrons. The van der Waals surface area contributed by atoms with Crippen LogP contribution in [0.2, 0.25) is 0 Å². The average Bonchev–Trinajstić information content (AvgIpc) is 3.49. The second-order valence-electron chi connectivity index (χ2n) is 7.79. The highest BCUT2D eigenvalue weighted by Crippen LogP contribution is 2.31. The van der Waals surface area contributed by atoms with E-state index in [1.807, 2.05) is 43.4 Å². The van der Waals surface area contributed by atoms with Crippen LogP contribution >= 0.6 is 0 Å². The first-order valence-corrected chi connectivity index (χ1v) is 10.4. The second kappa shape index (κ2) is 9.43. The van der Waals surface area contributed by atoms with Crippen LogP contribution < -0.4 is 15.5 Å². The summed E-state index contributed by atoms with van der Waals surface area (Å²) in [6.45, 7) is 0.276. The van der Waals surface area contributed by atoms with Gasteiger partial charge in [0.1, 0.15) is 0 Å². The molecule has 32 heavy (non-hydrogen) atoms. The van der Waals surface area contributed by atoms with E-state index in [0.717, 1.165) is 27.7 Å². The molecule has 0 aliphatic heterocycles. The number of aromatic nitrogens is 1. The number of anilines is 1. The monoisotopic (exact) mass is 430 g/mol. The third kappa shape index (κ3) is 4.67. The molecule has 2 amide bonds. The van der Waals surface area contributed by atoms with Crippen LogP contribution in [-0.2, 0) is 4.79 Å². The lowest BCUT2D eigenvalue weighted by atomic mass is 9.90. The largest absolute Gasteiger partial charge is 0.459 e. The summed E-state index contributed by atoms with van der Waals surface area (Å²) < 4.78 is 5.05. The molecule has 2 aromatic carbocycles. The maximum absolute atomic E-state index is 12.5. The van der Waals surface area contributed by atoms with Gasteiger partial charge in [0.25, 0.3) is 5.91 Å². The van der Waals surface area contributed by atoms with Crippen LogP contribution in [0.5, 0.6) is 0 Å². The van der Waals surface area contributed by atoms with E-state index in [1.165, 1.54) is 6.26 Å². The highest BCUT2D eigenvalue weighted by molar-refractivity contribution is 5.94. The van der Waals surface area contributed by atoms with Crippen molar-refractivity contribution in [1.82, 2.24) is 15.6 Å². The normalized spacial score (nSPS) is 11.8. The van der Waals surface area contributed by atoms with Crippen LogP contribution in [0.4, 0.5) is 5.69 Å². The van der Waals surface area contributed by atoms with Gasteiger partial charge in [-0.15, -0.1) is 0 Å². The van der Waals surface area contributed by atoms with E-state index in [-0.39, 0.29) is 24.1 Å². The summed E-state index contributed by atoms with van der Waals surface area (Å²) >= 11 is 0. The zero-order valence-corrected chi connectivity index (χ0v) is 18.1. The number of fused-ring (bicyclic) bond motifs is 1. The van der Waals surface area contributed by atoms with Gasteiger partial charge in [0.2, 0.25) is 5.91 Å². The van der Waals surface area contributed by atoms with E-state index in [2.05, 4.69) is 45.9 Å². The number of H-pyrrole nitrogens is 1. The molecule has 0 saturated carbocycles. The van der Waals surface area contributed by atoms with Crippen molar-refractivity contribution < 1.29 is 14.0 Å². The Labute approximate surface area is 186 Å². The van der Waals surface area contributed by atoms with Crippen molar-refractivity contribution >= 4 is 28.4 Å². The van der Waals surface area contributed by atoms with Gasteiger partial charge in [0.15, 0.2) is 5.76 Å². The second-order valence-corrected chi connectivity index (χ2v) is 7.79. The van der Waals surface area contributed by atoms with Gasteiger partial charge in [0, 0.05) is 49.3 Å². The minimum absolute atomic E-state index is 0.0490. The van der Waals surface area contributed by atoms with Crippen molar-refractivity contribution in [3.8, 4) is 0 Å². The zero-order chi connectivity index (χ0) is 22.5. The number of benzene rings is 2. The molecular weight excluding hydrogens is 404 g/mol. The van der Waals surface area contributed by atoms with Crippen molar-refractivity contribution in [2.45, 2.75) is 5.92 Å². The Kier molecular flexibility index (Phi) is 6.26. The number of amides is 2. The summed E-state index contributed by atoms with van der Waals surface area (Å²) in [7, 11) is 4.01. The summed E-state index contributed by atoms with van der Waals surface area (Å²) in [5, 5.41) is 6.66. The first kappa shape index (κ1) is 21.2. The molecule has 7 nitrogen and oxygen atoms in total. The molecule has 7 heteroatoms. The van der Waals surface area contributed by atoms with Crippen molar-refractivity contribution in [3.05, 3.63) is 90.0 Å². The summed E-state index contributed by atoms with van der Waals surface area (Å²) in [5.41, 5.74) is 4.36. The molecule has 0 aliphatic rings. The molecule has 0 bridgehead atoms. The van der Waals surface area contributed by atoms with Crippen molar-refractivity contribution in [2.24, 2.45) is 0 Å². The molecule has 0 aliphatic carbocycles. The highest BCUT2D eigenvalue weighted by Gasteiger charge is 2.20. The van der Waals surface area contributed by atoms with E-state index >= 15 is 0 Å². The number of para-hydroxylation sites is 1. The fourth-order valence-corrected chi connectivity index (χ4v) is 3.73. The lowest BCUT2D eigenvalue weighted by molar-refractivity contribution is -0.120. The summed E-state index contributed by atoms with van der Waals surface area (Å²) in [6.07, 6.45) is 3.42. The predicted octanol–water partition coefficient (Wildman–Crippen LogP) is 3.51. The topological polar surface area (TPSA) is 90.4 Å². The molecule has 0 fully saturated rings. The van der Waals surface area contributed by atoms with E-state index in [9.17, 15) is 9.59 Å². The third-order valence-electron chi connectivity index (χ3n) is 5.47. The molecule has 164 valence electrons. The first-order valence-electron chi connectivity index (χ1n) is 10.4. The Hall–Kier alpha value is -4.00. The molecule has 4 rings (SSSR count). The Morgan fingerprint density at radius 1 is 1.00 bits per heavy atom. The maximum atomic E-state index is 12.5. The van der Waals surface area contributed by atoms with Gasteiger partial charge >= 0.3 is 0 Å². The molecule has 1 atom stereocenters. The van der Waals surface area contributed by atoms with E-state index < -0.39 is 5.91 Å². The van der Waals surface area contributed by atoms with E-state index in [0.29, 0.717) is 6.54 Å². The molecule has 4 aromatic rings. The number of nitrogens with one attached hydrogen (secondary N) is 3. The quantitative estimate of drug-likeness (QED) is 0.399. The molecule has 1 unspecified atom stereocenters. The SMILES string of the molecule is CN(C)c1ccc(C(CNC(=O)CNC(=O)c2ccco2)c2c[nH]c3ccccc23)cc1. The van der Waals surface area contributed by atoms with Crippen molar-refractivity contribution in [3.63, 3.8) is 0 Å². The molecule has 0 saturated heterocycles. The van der Waals surface area contributed by atoms with Crippen LogP contribution in [0, 0.1) is 0 Å². The lowest BCUT2D eigenvalue weighted by Crippen LogP contribution is -2.38. The van der Waals surface area contributed by atoms with E-state index in [4.69, 9.17) is 4.42 Å². The number of rotatable bonds is 8. The standard InChI is InChI=1S/C25H26N4O3/c1-29(2)18-11-9-17(10-12-18)20(21-15-26-22-7-4-3-6-19(21)22)14-27-24(30)16-28-25(31)23-8-5-13-32-23/h3-13,15,20,26H,14,16H2,1-2H3,(H,27,30)(H,28,31). The maximum Gasteiger partial charge on any atom is 0.287 e. The number of furan rings is 1. The summed E-state index contributed by atoms with van der Waals surface area (Å²) in [5.74, 6) is -0.556. The van der Waals surface area contributed by atoms with Gasteiger partial charge < -0.3 is 24.9 Å². The first-order chi connectivity index (χ1) is 15.5. The molecule has 2 aromatic heterocycles. The Morgan fingerprint density at radius 2 is 1.78 bits per heavy atom. The van der Waals surface area contributed by atoms with Gasteiger partial charge in [-0.2, -0.15) is 0 Å². The van der Waals surface area contributed by atoms with Crippen LogP contribution in [0.1, 0.15) is 27.6 Å². The summed E-state index contributed by atoms with van der Waals surface area (Å²) in [6, 6.07) is 19.6. The number of hydrogen-bond acceptors (Lipinski definition) is 4. The zero-order valence-electron chi connectivity index (χ0n) is 18.1. The number of aromatic amines is 1. The van der Waals surface area contributed by atoms with Gasteiger partial charge in [0.05, 0.1) is 12.8 Å². The smallest absolute Gasteiger partial charge is 0.287 e. The predicted molar refractivity (Wildman–Crippen MR) is 125 cm³/mol. The summed E-state index contributed by atoms with van der Waals surface area (Å²) in [4.78, 5) is 29.8. The number of hydrogen-bond donors (Lipinski definition) is 3. The minimum atomic E-state index is -0.419. The van der Waals surface area contributed by atoms with Crippen molar-refractivity contribution in [2.75, 3.05) is 32.1 Å². The fourth-order valence-electron chi connectivity index (χ4n) is 3.73. The number of carbonyl (C=O) groups excluding carboxylic acids is 2. The molecule has 0 spiro atoms. The molecule has 3 N–H and O–H groups in total. The molecule has 2 heterocycles. The van der Waals surface area contributed by atoms with Crippen LogP contribution in [-0.4, -0.2) is 44.0 Å². The van der Waals surface area contributed by atoms with E-state index in [1.54, 1.807) is 12.1 Å². The number of nitrogens with zero attached hydrogens (tertiary/aromatic N) is 1.